The number of thiazole rings is 2. The maximum Gasteiger partial charge on any atom is 0.266 e. The van der Waals surface area contributed by atoms with Gasteiger partial charge in [0.1, 0.15) is 73.5 Å². The van der Waals surface area contributed by atoms with E-state index >= 15 is 0 Å². The number of carbonyl (C=O) groups is 7. The maximum absolute atomic E-state index is 14.2. The number of hydrogen-bond donors (Lipinski definition) is 9. The van der Waals surface area contributed by atoms with Crippen molar-refractivity contribution < 1.29 is 69.3 Å². The molecule has 2 aliphatic carbocycles. The number of likely N-dealkylation sites (tertiary alicyclic amines) is 1. The highest BCUT2D eigenvalue weighted by Crippen LogP contribution is 2.48. The third kappa shape index (κ3) is 18.6. The molecule has 29 nitrogen and oxygen atoms in total. The summed E-state index contributed by atoms with van der Waals surface area (Å²) in [4.78, 5) is 114. The summed E-state index contributed by atoms with van der Waals surface area (Å²) in [5.74, 6) is -2.43. The van der Waals surface area contributed by atoms with Crippen molar-refractivity contribution in [2.75, 3.05) is 48.6 Å². The van der Waals surface area contributed by atoms with E-state index in [1.54, 1.807) is 50.6 Å². The molecule has 8 heterocycles. The monoisotopic (exact) mass is 1620 g/mol. The quantitative estimate of drug-likeness (QED) is 0.0406. The second-order valence-electron chi connectivity index (χ2n) is 28.9. The first kappa shape index (κ1) is 81.2. The Morgan fingerprint density at radius 3 is 1.51 bits per heavy atom. The number of allylic oxidation sites excluding steroid dienone is 2. The summed E-state index contributed by atoms with van der Waals surface area (Å²) < 4.78 is 82.8. The minimum Gasteiger partial charge on any atom is -0.497 e. The number of benzene rings is 4. The van der Waals surface area contributed by atoms with Crippen LogP contribution >= 0.6 is 35.1 Å². The lowest BCUT2D eigenvalue weighted by Gasteiger charge is -2.25. The predicted octanol–water partition coefficient (Wildman–Crippen LogP) is 10.2. The highest BCUT2D eigenvalue weighted by molar-refractivity contribution is 7.90. The van der Waals surface area contributed by atoms with E-state index in [-0.39, 0.29) is 102 Å². The van der Waals surface area contributed by atoms with E-state index in [2.05, 4.69) is 46.7 Å². The zero-order chi connectivity index (χ0) is 78.5. The Kier molecular flexibility index (Phi) is 24.9. The Morgan fingerprint density at radius 2 is 1.04 bits per heavy atom. The molecular formula is C78H89ClN14O15S4. The van der Waals surface area contributed by atoms with Crippen molar-refractivity contribution in [3.05, 3.63) is 132 Å². The number of halogens is 1. The topological polar surface area (TPSA) is 388 Å². The van der Waals surface area contributed by atoms with E-state index < -0.39 is 90.9 Å². The van der Waals surface area contributed by atoms with Gasteiger partial charge in [-0.3, -0.25) is 33.6 Å². The number of rotatable bonds is 16. The fraction of sp³-hybridized carbons (Fsp3) is 0.397. The molecule has 14 rings (SSSR count). The first-order valence-electron chi connectivity index (χ1n) is 36.9. The van der Waals surface area contributed by atoms with Gasteiger partial charge in [-0.15, -0.1) is 35.1 Å². The van der Waals surface area contributed by atoms with Crippen molar-refractivity contribution in [1.82, 2.24) is 50.2 Å². The average Bonchev–Trinajstić information content (AvgIpc) is 1.58. The molecule has 0 unspecified atom stereocenters. The van der Waals surface area contributed by atoms with E-state index in [0.29, 0.717) is 107 Å². The Balaban J connectivity index is 0.000000206. The average molecular weight is 1630 g/mol. The van der Waals surface area contributed by atoms with Crippen molar-refractivity contribution >= 4 is 140 Å². The number of aromatic nitrogens is 4. The number of methoxy groups -OCH3 is 2. The number of anilines is 4. The Labute approximate surface area is 662 Å². The van der Waals surface area contributed by atoms with Gasteiger partial charge in [0.05, 0.1) is 60.6 Å². The smallest absolute Gasteiger partial charge is 0.266 e. The molecule has 8 aromatic rings. The summed E-state index contributed by atoms with van der Waals surface area (Å²) in [6.45, 7) is 9.94. The van der Waals surface area contributed by atoms with Gasteiger partial charge in [-0.1, -0.05) is 48.6 Å². The fourth-order valence-electron chi connectivity index (χ4n) is 14.1. The summed E-state index contributed by atoms with van der Waals surface area (Å²) >= 11 is 2.95. The van der Waals surface area contributed by atoms with E-state index in [4.69, 9.17) is 38.9 Å². The molecule has 2 saturated carbocycles. The fourth-order valence-corrected chi connectivity index (χ4v) is 18.2. The first-order valence-corrected chi connectivity index (χ1v) is 41.6. The van der Waals surface area contributed by atoms with E-state index in [9.17, 15) is 50.4 Å². The molecule has 112 heavy (non-hydrogen) atoms. The van der Waals surface area contributed by atoms with Crippen LogP contribution in [0.2, 0.25) is 0 Å². The largest absolute Gasteiger partial charge is 0.497 e. The lowest BCUT2D eigenvalue weighted by molar-refractivity contribution is -0.138. The number of hydrogen-bond acceptors (Lipinski definition) is 24. The lowest BCUT2D eigenvalue weighted by Crippen LogP contribution is -2.56. The van der Waals surface area contributed by atoms with Gasteiger partial charge in [-0.2, -0.15) is 0 Å². The lowest BCUT2D eigenvalue weighted by atomic mass is 10.1. The Hall–Kier alpha value is -10.3. The number of carbonyl (C=O) groups excluding carboxylic acids is 7. The zero-order valence-electron chi connectivity index (χ0n) is 62.6. The van der Waals surface area contributed by atoms with Crippen LogP contribution in [0.3, 0.4) is 0 Å². The van der Waals surface area contributed by atoms with Crippen molar-refractivity contribution in [3.63, 3.8) is 0 Å². The van der Waals surface area contributed by atoms with Crippen molar-refractivity contribution in [3.8, 4) is 45.8 Å². The minimum absolute atomic E-state index is 0. The van der Waals surface area contributed by atoms with Crippen LogP contribution < -0.4 is 65.6 Å². The van der Waals surface area contributed by atoms with Crippen LogP contribution in [0.4, 0.5) is 21.6 Å². The van der Waals surface area contributed by atoms with E-state index in [1.165, 1.54) is 70.9 Å². The summed E-state index contributed by atoms with van der Waals surface area (Å²) in [6, 6.07) is 25.1. The molecule has 0 bridgehead atoms. The summed E-state index contributed by atoms with van der Waals surface area (Å²) in [5, 5.41) is 27.8. The molecule has 34 heteroatoms. The molecule has 7 amide bonds. The standard InChI is InChI=1S/C40H45N7O8S2.C38H43N7O7S2.ClH/c1-23(2)41-39-44-32(22-56-39)31-19-34(28-16-15-26(54-4)17-30(28)42-31)55-27-18-33(47(21-27)24(3)48)37(50)45-40-20-25(40)11-7-5-6-8-14-36(49)43-29-12-9-10-13-35(29)57(52,53)46-38(40)51;1-22(2)40-37-43-31(21-53-37)29-18-32(26-15-14-24(51-3)16-28(26)41-29)52-25-17-30(39-20-25)35(47)44-38-19-23(38)10-6-4-5-7-13-34(46)42-27-11-8-9-12-33(27)54(49,50)45-36(38)48;/h7,9-13,15-17,19,22-23,25,27,33H,5-6,8,14,18,20-21H2,1-4H3,(H,41,44)(H,43,49)(H,45,50)(H,46,51);6,8-12,14-16,18,21-23,25,30,39H,4-5,7,13,17,19-20H2,1-3H3,(H,40,43)(H,42,46)(H,44,47)(H,45,48);1H/b11-7-;10-6-;/t25-,27-,33+,40-;23-,25-,30+,38-;/m11./s1. The van der Waals surface area contributed by atoms with Crippen LogP contribution in [0.5, 0.6) is 23.0 Å². The van der Waals surface area contributed by atoms with Crippen molar-refractivity contribution in [2.24, 2.45) is 11.8 Å². The molecule has 0 radical (unpaired) electrons. The number of pyridine rings is 2. The predicted molar refractivity (Wildman–Crippen MR) is 429 cm³/mol. The van der Waals surface area contributed by atoms with Crippen molar-refractivity contribution in [1.29, 1.82) is 0 Å². The van der Waals surface area contributed by atoms with Gasteiger partial charge in [-0.25, -0.2) is 46.2 Å². The van der Waals surface area contributed by atoms with Crippen molar-refractivity contribution in [2.45, 2.75) is 169 Å². The van der Waals surface area contributed by atoms with E-state index in [1.807, 2.05) is 87.0 Å². The number of para-hydroxylation sites is 2. The Morgan fingerprint density at radius 1 is 0.580 bits per heavy atom. The SMILES string of the molecule is COc1ccc2c(O[C@@H]3C[C@@H](C(=O)N[C@]45C[C@H]4/C=C\CCCCC(=O)Nc4ccccc4S(=O)(=O)NC5=O)N(C(C)=O)C3)cc(-c3csc(NC(C)C)n3)nc2c1.COc1ccc2c(O[C@H]3CN[C@H](C(=O)N[C@]45C[C@H]4/C=C\CCCCC(=O)Nc4ccccc4S(=O)(=O)NC5=O)C3)cc(-c3csc(NC(C)C)n3)nc2c1.Cl. The van der Waals surface area contributed by atoms with Gasteiger partial charge in [-0.05, 0) is 128 Å². The minimum atomic E-state index is -4.48. The number of fused-ring (bicyclic) bond motifs is 6. The number of nitrogens with zero attached hydrogens (tertiary/aromatic N) is 5. The molecular weight excluding hydrogens is 1540 g/mol. The van der Waals surface area contributed by atoms with Gasteiger partial charge in [0, 0.05) is 109 Å². The van der Waals surface area contributed by atoms with Crippen LogP contribution in [0.25, 0.3) is 44.6 Å². The molecule has 8 atom stereocenters. The third-order valence-electron chi connectivity index (χ3n) is 20.0. The summed E-state index contributed by atoms with van der Waals surface area (Å²) in [7, 11) is -5.73. The first-order chi connectivity index (χ1) is 53.2. The number of nitrogens with one attached hydrogen (secondary N) is 9. The van der Waals surface area contributed by atoms with Crippen LogP contribution in [0, 0.1) is 11.8 Å². The zero-order valence-corrected chi connectivity index (χ0v) is 66.7. The third-order valence-corrected chi connectivity index (χ3v) is 24.3. The van der Waals surface area contributed by atoms with Gasteiger partial charge >= 0.3 is 0 Å². The Bertz CT molecular complexity index is 5230. The maximum atomic E-state index is 14.2. The van der Waals surface area contributed by atoms with Crippen LogP contribution in [0.1, 0.15) is 112 Å². The van der Waals surface area contributed by atoms with E-state index in [0.717, 1.165) is 22.1 Å². The number of amides is 7. The van der Waals surface area contributed by atoms with Gasteiger partial charge in [0.2, 0.25) is 29.5 Å². The van der Waals surface area contributed by atoms with Crippen LogP contribution in [-0.2, 0) is 53.6 Å². The molecule has 2 saturated heterocycles. The highest BCUT2D eigenvalue weighted by atomic mass is 35.5. The van der Waals surface area contributed by atoms with Crippen LogP contribution in [0.15, 0.2) is 142 Å². The second-order valence-corrected chi connectivity index (χ2v) is 33.9. The molecule has 4 aromatic heterocycles. The number of ether oxygens (including phenoxy) is 4. The second kappa shape index (κ2) is 34.3. The van der Waals surface area contributed by atoms with Gasteiger partial charge in [0.25, 0.3) is 31.9 Å². The van der Waals surface area contributed by atoms with Gasteiger partial charge in [0.15, 0.2) is 10.3 Å². The number of sulfonamides is 2. The molecule has 6 aliphatic rings. The molecule has 4 aromatic carbocycles. The summed E-state index contributed by atoms with van der Waals surface area (Å²) in [5.41, 5.74) is 0.863. The highest BCUT2D eigenvalue weighted by Gasteiger charge is 2.63. The molecule has 9 N–H and O–H groups in total. The van der Waals surface area contributed by atoms with Crippen LogP contribution in [-0.4, -0.2) is 158 Å². The molecule has 4 fully saturated rings. The molecule has 0 spiro atoms. The molecule has 4 aliphatic heterocycles. The van der Waals surface area contributed by atoms with Gasteiger partial charge < -0.3 is 61.1 Å². The normalized spacial score (nSPS) is 24.0. The summed E-state index contributed by atoms with van der Waals surface area (Å²) in [6.07, 6.45) is 11.5. The molecule has 592 valence electrons.